The summed E-state index contributed by atoms with van der Waals surface area (Å²) < 4.78 is 39.8. The fraction of sp³-hybridized carbons (Fsp3) is 0.375. The van der Waals surface area contributed by atoms with Crippen LogP contribution < -0.4 is 10.6 Å². The molecule has 0 saturated carbocycles. The second-order valence-corrected chi connectivity index (χ2v) is 5.69. The molecule has 1 amide bonds. The number of hydrogen-bond acceptors (Lipinski definition) is 3. The van der Waals surface area contributed by atoms with Crippen LogP contribution in [0.25, 0.3) is 5.69 Å². The van der Waals surface area contributed by atoms with Gasteiger partial charge in [-0.3, -0.25) is 4.79 Å². The first-order valence-electron chi connectivity index (χ1n) is 7.68. The van der Waals surface area contributed by atoms with Crippen LogP contribution in [-0.2, 0) is 6.18 Å². The van der Waals surface area contributed by atoms with E-state index in [4.69, 9.17) is 0 Å². The summed E-state index contributed by atoms with van der Waals surface area (Å²) in [5, 5.41) is 9.82. The Morgan fingerprint density at radius 3 is 2.80 bits per heavy atom. The molecule has 1 aromatic heterocycles. The predicted octanol–water partition coefficient (Wildman–Crippen LogP) is 2.79. The number of nitrogens with zero attached hydrogens (tertiary/aromatic N) is 2. The molecule has 0 unspecified atom stereocenters. The first-order chi connectivity index (χ1) is 11.4. The molecule has 0 bridgehead atoms. The third-order valence-electron chi connectivity index (χ3n) is 3.92. The van der Waals surface area contributed by atoms with Gasteiger partial charge in [0.15, 0.2) is 0 Å². The van der Waals surface area contributed by atoms with Gasteiger partial charge in [-0.25, -0.2) is 4.68 Å². The number of carbonyl (C=O) groups is 1. The van der Waals surface area contributed by atoms with Crippen LogP contribution in [0, 0.1) is 0 Å². The van der Waals surface area contributed by atoms with Crippen LogP contribution in [0.2, 0.25) is 0 Å². The van der Waals surface area contributed by atoms with Gasteiger partial charge < -0.3 is 10.6 Å². The third-order valence-corrected chi connectivity index (χ3v) is 3.92. The minimum absolute atomic E-state index is 0. The van der Waals surface area contributed by atoms with Gasteiger partial charge in [0, 0.05) is 18.2 Å². The summed E-state index contributed by atoms with van der Waals surface area (Å²) in [6.07, 6.45) is -1.56. The van der Waals surface area contributed by atoms with E-state index < -0.39 is 11.9 Å². The Kier molecular flexibility index (Phi) is 6.07. The molecule has 2 heterocycles. The third kappa shape index (κ3) is 4.52. The van der Waals surface area contributed by atoms with Crippen LogP contribution in [0.4, 0.5) is 13.2 Å². The second kappa shape index (κ2) is 7.88. The number of piperidine rings is 1. The maximum atomic E-state index is 13.0. The molecule has 5 nitrogen and oxygen atoms in total. The van der Waals surface area contributed by atoms with Gasteiger partial charge in [0.05, 0.1) is 11.9 Å². The van der Waals surface area contributed by atoms with Crippen molar-refractivity contribution in [1.29, 1.82) is 0 Å². The van der Waals surface area contributed by atoms with E-state index in [9.17, 15) is 18.0 Å². The predicted molar refractivity (Wildman–Crippen MR) is 89.2 cm³/mol. The van der Waals surface area contributed by atoms with Crippen LogP contribution in [-0.4, -0.2) is 34.8 Å². The van der Waals surface area contributed by atoms with Gasteiger partial charge in [-0.1, -0.05) is 6.07 Å². The number of nitrogens with one attached hydrogen (secondary N) is 2. The maximum Gasteiger partial charge on any atom is 0.433 e. The average molecular weight is 375 g/mol. The van der Waals surface area contributed by atoms with Gasteiger partial charge in [-0.2, -0.15) is 18.3 Å². The summed E-state index contributed by atoms with van der Waals surface area (Å²) in [6, 6.07) is 6.96. The molecule has 1 aliphatic rings. The van der Waals surface area contributed by atoms with Gasteiger partial charge in [0.1, 0.15) is 5.69 Å². The minimum atomic E-state index is -4.51. The Morgan fingerprint density at radius 1 is 1.32 bits per heavy atom. The van der Waals surface area contributed by atoms with E-state index in [0.29, 0.717) is 12.1 Å². The highest BCUT2D eigenvalue weighted by molar-refractivity contribution is 5.94. The lowest BCUT2D eigenvalue weighted by molar-refractivity contribution is -0.142. The molecule has 2 N–H and O–H groups in total. The standard InChI is InChI=1S/C16H17F3N4O.ClH/c17-16(18,19)14-6-8-21-23(14)13-5-1-3-11(9-13)15(24)22-12-4-2-7-20-10-12;/h1,3,5-6,8-9,12,20H,2,4,7,10H2,(H,22,24);1H/t12-;/m0./s1. The molecule has 1 saturated heterocycles. The molecule has 1 aromatic carbocycles. The van der Waals surface area contributed by atoms with Crippen molar-refractivity contribution in [1.82, 2.24) is 20.4 Å². The summed E-state index contributed by atoms with van der Waals surface area (Å²) in [5.41, 5.74) is -0.375. The fourth-order valence-corrected chi connectivity index (χ4v) is 2.75. The lowest BCUT2D eigenvalue weighted by atomic mass is 10.1. The average Bonchev–Trinajstić information content (AvgIpc) is 3.06. The number of rotatable bonds is 3. The smallest absolute Gasteiger partial charge is 0.348 e. The number of halogens is 4. The molecule has 2 aromatic rings. The molecule has 3 rings (SSSR count). The lowest BCUT2D eigenvalue weighted by Gasteiger charge is -2.23. The molecule has 25 heavy (non-hydrogen) atoms. The molecular weight excluding hydrogens is 357 g/mol. The van der Waals surface area contributed by atoms with E-state index in [2.05, 4.69) is 15.7 Å². The number of amides is 1. The monoisotopic (exact) mass is 374 g/mol. The Labute approximate surface area is 149 Å². The first-order valence-corrected chi connectivity index (χ1v) is 7.68. The van der Waals surface area contributed by atoms with Gasteiger partial charge in [0.2, 0.25) is 0 Å². The number of benzene rings is 1. The van der Waals surface area contributed by atoms with Crippen LogP contribution in [0.5, 0.6) is 0 Å². The Hall–Kier alpha value is -2.06. The Balaban J connectivity index is 0.00000225. The molecule has 136 valence electrons. The van der Waals surface area contributed by atoms with Crippen molar-refractivity contribution in [3.63, 3.8) is 0 Å². The molecular formula is C16H18ClF3N4O. The summed E-state index contributed by atoms with van der Waals surface area (Å²) in [6.45, 7) is 1.63. The summed E-state index contributed by atoms with van der Waals surface area (Å²) >= 11 is 0. The van der Waals surface area contributed by atoms with E-state index in [0.717, 1.165) is 36.3 Å². The fourth-order valence-electron chi connectivity index (χ4n) is 2.75. The van der Waals surface area contributed by atoms with Gasteiger partial charge in [0.25, 0.3) is 5.91 Å². The highest BCUT2D eigenvalue weighted by atomic mass is 35.5. The summed E-state index contributed by atoms with van der Waals surface area (Å²) in [5.74, 6) is -0.300. The zero-order valence-corrected chi connectivity index (χ0v) is 14.0. The van der Waals surface area contributed by atoms with Gasteiger partial charge in [-0.05, 0) is 43.7 Å². The summed E-state index contributed by atoms with van der Waals surface area (Å²) in [4.78, 5) is 12.3. The molecule has 0 aliphatic carbocycles. The highest BCUT2D eigenvalue weighted by Crippen LogP contribution is 2.30. The maximum absolute atomic E-state index is 13.0. The molecule has 1 fully saturated rings. The van der Waals surface area contributed by atoms with Crippen molar-refractivity contribution in [2.75, 3.05) is 13.1 Å². The van der Waals surface area contributed by atoms with E-state index in [-0.39, 0.29) is 30.0 Å². The quantitative estimate of drug-likeness (QED) is 0.868. The molecule has 0 radical (unpaired) electrons. The molecule has 1 atom stereocenters. The normalized spacial score (nSPS) is 17.6. The van der Waals surface area contributed by atoms with Crippen molar-refractivity contribution in [3.8, 4) is 5.69 Å². The van der Waals surface area contributed by atoms with Crippen LogP contribution in [0.1, 0.15) is 28.9 Å². The first kappa shape index (κ1) is 19.3. The number of alkyl halides is 3. The van der Waals surface area contributed by atoms with E-state index in [1.807, 2.05) is 0 Å². The molecule has 1 aliphatic heterocycles. The highest BCUT2D eigenvalue weighted by Gasteiger charge is 2.35. The van der Waals surface area contributed by atoms with Crippen LogP contribution >= 0.6 is 12.4 Å². The minimum Gasteiger partial charge on any atom is -0.348 e. The van der Waals surface area contributed by atoms with Crippen molar-refractivity contribution in [3.05, 3.63) is 47.8 Å². The van der Waals surface area contributed by atoms with E-state index in [1.165, 1.54) is 12.1 Å². The zero-order chi connectivity index (χ0) is 17.2. The van der Waals surface area contributed by atoms with Crippen molar-refractivity contribution < 1.29 is 18.0 Å². The molecule has 0 spiro atoms. The summed E-state index contributed by atoms with van der Waals surface area (Å²) in [7, 11) is 0. The second-order valence-electron chi connectivity index (χ2n) is 5.69. The van der Waals surface area contributed by atoms with Crippen molar-refractivity contribution >= 4 is 18.3 Å². The lowest BCUT2D eigenvalue weighted by Crippen LogP contribution is -2.45. The van der Waals surface area contributed by atoms with E-state index in [1.54, 1.807) is 12.1 Å². The Morgan fingerprint density at radius 2 is 2.12 bits per heavy atom. The van der Waals surface area contributed by atoms with Gasteiger partial charge >= 0.3 is 6.18 Å². The van der Waals surface area contributed by atoms with Crippen LogP contribution in [0.15, 0.2) is 36.5 Å². The number of aromatic nitrogens is 2. The topological polar surface area (TPSA) is 59.0 Å². The number of hydrogen-bond donors (Lipinski definition) is 2. The van der Waals surface area contributed by atoms with Crippen LogP contribution in [0.3, 0.4) is 0 Å². The number of carbonyl (C=O) groups excluding carboxylic acids is 1. The largest absolute Gasteiger partial charge is 0.433 e. The van der Waals surface area contributed by atoms with Crippen molar-refractivity contribution in [2.45, 2.75) is 25.1 Å². The van der Waals surface area contributed by atoms with Gasteiger partial charge in [-0.15, -0.1) is 12.4 Å². The Bertz CT molecular complexity index is 726. The van der Waals surface area contributed by atoms with Crippen molar-refractivity contribution in [2.24, 2.45) is 0 Å². The zero-order valence-electron chi connectivity index (χ0n) is 13.2. The SMILES string of the molecule is Cl.O=C(N[C@H]1CCCNC1)c1cccc(-n2nccc2C(F)(F)F)c1. The molecule has 9 heteroatoms. The van der Waals surface area contributed by atoms with E-state index >= 15 is 0 Å².